The lowest BCUT2D eigenvalue weighted by molar-refractivity contribution is -0.00334. The molecule has 0 unspecified atom stereocenters. The number of nitrogens with zero attached hydrogens (tertiary/aromatic N) is 2. The average molecular weight is 231 g/mol. The molecular formula is C12H23ClN2. The van der Waals surface area contributed by atoms with Gasteiger partial charge in [-0.2, -0.15) is 0 Å². The van der Waals surface area contributed by atoms with Gasteiger partial charge >= 0.3 is 0 Å². The third kappa shape index (κ3) is 2.66. The number of rotatable bonds is 2. The Labute approximate surface area is 98.6 Å². The second-order valence-electron chi connectivity index (χ2n) is 5.00. The summed E-state index contributed by atoms with van der Waals surface area (Å²) in [7, 11) is 0. The highest BCUT2D eigenvalue weighted by molar-refractivity contribution is 6.23. The monoisotopic (exact) mass is 230 g/mol. The first-order valence-electron chi connectivity index (χ1n) is 6.40. The maximum atomic E-state index is 6.75. The molecule has 2 saturated heterocycles. The smallest absolute Gasteiger partial charge is 0.148 e. The Kier molecular flexibility index (Phi) is 3.92. The Morgan fingerprint density at radius 3 is 1.40 bits per heavy atom. The van der Waals surface area contributed by atoms with Gasteiger partial charge in [0, 0.05) is 26.2 Å². The summed E-state index contributed by atoms with van der Waals surface area (Å²) in [6, 6.07) is 0. The van der Waals surface area contributed by atoms with E-state index in [2.05, 4.69) is 16.7 Å². The lowest BCUT2D eigenvalue weighted by Gasteiger charge is -2.47. The SMILES string of the molecule is CC(Cl)(N1CCCCC1)N1CCCCC1. The Balaban J connectivity index is 1.96. The van der Waals surface area contributed by atoms with Crippen molar-refractivity contribution in [2.75, 3.05) is 26.2 Å². The van der Waals surface area contributed by atoms with Crippen molar-refractivity contribution in [3.63, 3.8) is 0 Å². The van der Waals surface area contributed by atoms with Crippen LogP contribution in [-0.4, -0.2) is 41.1 Å². The summed E-state index contributed by atoms with van der Waals surface area (Å²) < 4.78 is 0. The Morgan fingerprint density at radius 2 is 1.07 bits per heavy atom. The van der Waals surface area contributed by atoms with E-state index < -0.39 is 0 Å². The fourth-order valence-corrected chi connectivity index (χ4v) is 3.14. The number of alkyl halides is 1. The van der Waals surface area contributed by atoms with Crippen LogP contribution in [0.1, 0.15) is 45.4 Å². The zero-order chi connectivity index (χ0) is 10.7. The molecule has 15 heavy (non-hydrogen) atoms. The van der Waals surface area contributed by atoms with Gasteiger partial charge in [0.25, 0.3) is 0 Å². The van der Waals surface area contributed by atoms with Crippen molar-refractivity contribution in [2.45, 2.75) is 50.6 Å². The average Bonchev–Trinajstić information content (AvgIpc) is 2.31. The van der Waals surface area contributed by atoms with Crippen LogP contribution in [0.4, 0.5) is 0 Å². The number of likely N-dealkylation sites (tertiary alicyclic amines) is 2. The van der Waals surface area contributed by atoms with Crippen LogP contribution in [0.5, 0.6) is 0 Å². The zero-order valence-electron chi connectivity index (χ0n) is 9.84. The normalized spacial score (nSPS) is 26.8. The second-order valence-corrected chi connectivity index (χ2v) is 5.72. The van der Waals surface area contributed by atoms with Gasteiger partial charge in [-0.1, -0.05) is 24.4 Å². The topological polar surface area (TPSA) is 6.48 Å². The fourth-order valence-electron chi connectivity index (χ4n) is 2.80. The number of halogens is 1. The van der Waals surface area contributed by atoms with Crippen LogP contribution in [0.25, 0.3) is 0 Å². The number of hydrogen-bond acceptors (Lipinski definition) is 2. The summed E-state index contributed by atoms with van der Waals surface area (Å²) in [5.74, 6) is 0. The van der Waals surface area contributed by atoms with E-state index in [1.165, 1.54) is 64.7 Å². The summed E-state index contributed by atoms with van der Waals surface area (Å²) >= 11 is 6.75. The molecule has 0 atom stereocenters. The molecule has 0 saturated carbocycles. The van der Waals surface area contributed by atoms with Gasteiger partial charge in [0.1, 0.15) is 5.12 Å². The van der Waals surface area contributed by atoms with Gasteiger partial charge in [0.05, 0.1) is 0 Å². The van der Waals surface area contributed by atoms with Gasteiger partial charge in [0.15, 0.2) is 0 Å². The van der Waals surface area contributed by atoms with Gasteiger partial charge in [-0.15, -0.1) is 0 Å². The van der Waals surface area contributed by atoms with Crippen LogP contribution in [-0.2, 0) is 0 Å². The summed E-state index contributed by atoms with van der Waals surface area (Å²) in [6.45, 7) is 6.89. The van der Waals surface area contributed by atoms with Crippen molar-refractivity contribution in [1.29, 1.82) is 0 Å². The van der Waals surface area contributed by atoms with Gasteiger partial charge in [-0.05, 0) is 32.6 Å². The van der Waals surface area contributed by atoms with Gasteiger partial charge in [-0.25, -0.2) is 0 Å². The highest BCUT2D eigenvalue weighted by atomic mass is 35.5. The predicted octanol–water partition coefficient (Wildman–Crippen LogP) is 2.87. The van der Waals surface area contributed by atoms with Gasteiger partial charge in [0.2, 0.25) is 0 Å². The van der Waals surface area contributed by atoms with Crippen molar-refractivity contribution in [2.24, 2.45) is 0 Å². The Bertz CT molecular complexity index is 174. The summed E-state index contributed by atoms with van der Waals surface area (Å²) in [4.78, 5) is 4.92. The molecule has 0 aromatic carbocycles. The van der Waals surface area contributed by atoms with Crippen LogP contribution in [0.15, 0.2) is 0 Å². The van der Waals surface area contributed by atoms with Crippen LogP contribution < -0.4 is 0 Å². The van der Waals surface area contributed by atoms with Gasteiger partial charge < -0.3 is 0 Å². The molecule has 0 aliphatic carbocycles. The molecule has 3 heteroatoms. The van der Waals surface area contributed by atoms with Crippen molar-refractivity contribution in [1.82, 2.24) is 9.80 Å². The van der Waals surface area contributed by atoms with Crippen molar-refractivity contribution in [3.8, 4) is 0 Å². The molecule has 0 amide bonds. The summed E-state index contributed by atoms with van der Waals surface area (Å²) in [5.41, 5.74) is 0. The molecule has 88 valence electrons. The van der Waals surface area contributed by atoms with Crippen LogP contribution in [0.2, 0.25) is 0 Å². The molecule has 0 spiro atoms. The van der Waals surface area contributed by atoms with E-state index in [-0.39, 0.29) is 5.12 Å². The minimum absolute atomic E-state index is 0.221. The Hall–Kier alpha value is 0.210. The molecule has 2 heterocycles. The van der Waals surface area contributed by atoms with Crippen molar-refractivity contribution in [3.05, 3.63) is 0 Å². The first-order chi connectivity index (χ1) is 7.21. The van der Waals surface area contributed by atoms with E-state index in [1.807, 2.05) is 0 Å². The maximum Gasteiger partial charge on any atom is 0.148 e. The van der Waals surface area contributed by atoms with Crippen LogP contribution >= 0.6 is 11.6 Å². The minimum atomic E-state index is -0.221. The highest BCUT2D eigenvalue weighted by Gasteiger charge is 2.36. The third-order valence-corrected chi connectivity index (χ3v) is 4.34. The third-order valence-electron chi connectivity index (χ3n) is 3.87. The summed E-state index contributed by atoms with van der Waals surface area (Å²) in [6.07, 6.45) is 8.02. The predicted molar refractivity (Wildman–Crippen MR) is 65.1 cm³/mol. The number of hydrogen-bond donors (Lipinski definition) is 0. The van der Waals surface area contributed by atoms with E-state index >= 15 is 0 Å². The number of piperidine rings is 2. The molecule has 0 aromatic rings. The van der Waals surface area contributed by atoms with Crippen molar-refractivity contribution >= 4 is 11.6 Å². The molecule has 0 N–H and O–H groups in total. The Morgan fingerprint density at radius 1 is 0.733 bits per heavy atom. The molecule has 2 fully saturated rings. The van der Waals surface area contributed by atoms with E-state index in [0.717, 1.165) is 0 Å². The van der Waals surface area contributed by atoms with E-state index in [0.29, 0.717) is 0 Å². The quantitative estimate of drug-likeness (QED) is 0.532. The molecule has 2 aliphatic heterocycles. The molecular weight excluding hydrogens is 208 g/mol. The standard InChI is InChI=1S/C12H23ClN2/c1-12(13,14-8-4-2-5-9-14)15-10-6-3-7-11-15/h2-11H2,1H3. The maximum absolute atomic E-state index is 6.75. The molecule has 2 aliphatic rings. The molecule has 0 radical (unpaired) electrons. The molecule has 0 aromatic heterocycles. The largest absolute Gasteiger partial charge is 0.273 e. The lowest BCUT2D eigenvalue weighted by Crippen LogP contribution is -2.57. The van der Waals surface area contributed by atoms with Crippen LogP contribution in [0, 0.1) is 0 Å². The molecule has 2 nitrogen and oxygen atoms in total. The first-order valence-corrected chi connectivity index (χ1v) is 6.78. The fraction of sp³-hybridized carbons (Fsp3) is 1.00. The van der Waals surface area contributed by atoms with Crippen molar-refractivity contribution < 1.29 is 0 Å². The highest BCUT2D eigenvalue weighted by Crippen LogP contribution is 2.30. The first kappa shape index (κ1) is 11.7. The molecule has 2 rings (SSSR count). The summed E-state index contributed by atoms with van der Waals surface area (Å²) in [5, 5.41) is -0.221. The second kappa shape index (κ2) is 5.03. The van der Waals surface area contributed by atoms with E-state index in [1.54, 1.807) is 0 Å². The van der Waals surface area contributed by atoms with Gasteiger partial charge in [-0.3, -0.25) is 9.80 Å². The zero-order valence-corrected chi connectivity index (χ0v) is 10.6. The van der Waals surface area contributed by atoms with E-state index in [4.69, 9.17) is 11.6 Å². The van der Waals surface area contributed by atoms with E-state index in [9.17, 15) is 0 Å². The molecule has 0 bridgehead atoms. The lowest BCUT2D eigenvalue weighted by atomic mass is 10.1. The minimum Gasteiger partial charge on any atom is -0.273 e. The van der Waals surface area contributed by atoms with Crippen LogP contribution in [0.3, 0.4) is 0 Å².